The molecule has 0 saturated heterocycles. The lowest BCUT2D eigenvalue weighted by molar-refractivity contribution is 0.562. The van der Waals surface area contributed by atoms with Crippen LogP contribution in [-0.2, 0) is 4.79 Å². The Bertz CT molecular complexity index is 194. The van der Waals surface area contributed by atoms with Gasteiger partial charge in [0.1, 0.15) is 0 Å². The molecule has 0 fully saturated rings. The molecule has 1 heterocycles. The van der Waals surface area contributed by atoms with Crippen molar-refractivity contribution < 1.29 is 4.79 Å². The molecule has 0 spiro atoms. The second-order valence-electron chi connectivity index (χ2n) is 1.40. The summed E-state index contributed by atoms with van der Waals surface area (Å²) in [6.45, 7) is 1.84. The van der Waals surface area contributed by atoms with Crippen molar-refractivity contribution in [2.24, 2.45) is 0 Å². The van der Waals surface area contributed by atoms with E-state index in [-0.39, 0.29) is 0 Å². The van der Waals surface area contributed by atoms with E-state index in [0.29, 0.717) is 5.01 Å². The molecule has 0 aliphatic rings. The van der Waals surface area contributed by atoms with Gasteiger partial charge in [0.05, 0.1) is 0 Å². The first kappa shape index (κ1) is 5.44. The summed E-state index contributed by atoms with van der Waals surface area (Å²) in [5.41, 5.74) is 0.883. The van der Waals surface area contributed by atoms with Crippen molar-refractivity contribution in [1.82, 2.24) is 4.98 Å². The predicted octanol–water partition coefficient (Wildman–Crippen LogP) is 0.909. The largest absolute Gasteiger partial charge is 0.282 e. The fraction of sp³-hybridized carbons (Fsp3) is 0.200. The van der Waals surface area contributed by atoms with Crippen LogP contribution in [0.5, 0.6) is 0 Å². The number of nitrogens with zero attached hydrogens (tertiary/aromatic N) is 1. The highest BCUT2D eigenvalue weighted by Crippen LogP contribution is 2.04. The van der Waals surface area contributed by atoms with Crippen molar-refractivity contribution >= 4 is 17.6 Å². The topological polar surface area (TPSA) is 30.0 Å². The zero-order valence-electron chi connectivity index (χ0n) is 4.34. The smallest absolute Gasteiger partial charge is 0.264 e. The summed E-state index contributed by atoms with van der Waals surface area (Å²) in [6.07, 6.45) is 1.71. The molecule has 0 aromatic carbocycles. The van der Waals surface area contributed by atoms with E-state index < -0.39 is 0 Å². The van der Waals surface area contributed by atoms with Crippen LogP contribution < -0.4 is 0 Å². The summed E-state index contributed by atoms with van der Waals surface area (Å²) < 4.78 is 0. The van der Waals surface area contributed by atoms with Gasteiger partial charge in [0, 0.05) is 11.1 Å². The standard InChI is InChI=1S/C5H4NOS/c1-4-3-8-5(2-7)6-4/h3H,1H3. The molecule has 0 N–H and O–H groups in total. The van der Waals surface area contributed by atoms with Crippen LogP contribution in [0.3, 0.4) is 0 Å². The molecule has 0 unspecified atom stereocenters. The van der Waals surface area contributed by atoms with E-state index in [1.807, 2.05) is 12.3 Å². The van der Waals surface area contributed by atoms with Gasteiger partial charge in [-0.05, 0) is 6.92 Å². The van der Waals surface area contributed by atoms with Gasteiger partial charge in [-0.3, -0.25) is 4.79 Å². The molecule has 0 saturated carbocycles. The molecule has 1 radical (unpaired) electrons. The first-order valence-corrected chi connectivity index (χ1v) is 3.01. The second kappa shape index (κ2) is 2.05. The van der Waals surface area contributed by atoms with Crippen LogP contribution in [0.2, 0.25) is 0 Å². The van der Waals surface area contributed by atoms with Gasteiger partial charge >= 0.3 is 0 Å². The summed E-state index contributed by atoms with van der Waals surface area (Å²) in [5.74, 6) is 0. The molecule has 0 aliphatic carbocycles. The quantitative estimate of drug-likeness (QED) is 0.559. The number of aromatic nitrogens is 1. The molecule has 0 atom stereocenters. The van der Waals surface area contributed by atoms with E-state index in [2.05, 4.69) is 4.98 Å². The Hall–Kier alpha value is -0.700. The third-order valence-electron chi connectivity index (χ3n) is 0.706. The van der Waals surface area contributed by atoms with Gasteiger partial charge in [-0.25, -0.2) is 4.98 Å². The highest BCUT2D eigenvalue weighted by atomic mass is 32.1. The summed E-state index contributed by atoms with van der Waals surface area (Å²) in [4.78, 5) is 13.7. The minimum atomic E-state index is 0.433. The first-order valence-electron chi connectivity index (χ1n) is 2.13. The van der Waals surface area contributed by atoms with E-state index in [1.54, 1.807) is 6.29 Å². The molecule has 41 valence electrons. The zero-order chi connectivity index (χ0) is 5.98. The molecular weight excluding hydrogens is 122 g/mol. The van der Waals surface area contributed by atoms with Gasteiger partial charge < -0.3 is 0 Å². The van der Waals surface area contributed by atoms with E-state index in [9.17, 15) is 4.79 Å². The molecular formula is C5H4NOS. The highest BCUT2D eigenvalue weighted by Gasteiger charge is 1.93. The minimum Gasteiger partial charge on any atom is -0.282 e. The van der Waals surface area contributed by atoms with E-state index >= 15 is 0 Å². The number of rotatable bonds is 1. The van der Waals surface area contributed by atoms with Crippen LogP contribution in [0.25, 0.3) is 0 Å². The molecule has 3 heteroatoms. The van der Waals surface area contributed by atoms with E-state index in [0.717, 1.165) is 5.69 Å². The van der Waals surface area contributed by atoms with Crippen LogP contribution in [-0.4, -0.2) is 11.3 Å². The lowest BCUT2D eigenvalue weighted by atomic mass is 10.6. The molecule has 1 rings (SSSR count). The summed E-state index contributed by atoms with van der Waals surface area (Å²) in [7, 11) is 0. The van der Waals surface area contributed by atoms with E-state index in [1.165, 1.54) is 11.3 Å². The molecule has 0 bridgehead atoms. The van der Waals surface area contributed by atoms with Crippen molar-refractivity contribution in [3.63, 3.8) is 0 Å². The Balaban J connectivity index is 3.00. The van der Waals surface area contributed by atoms with Crippen LogP contribution in [0.4, 0.5) is 0 Å². The number of carbonyl (C=O) groups excluding carboxylic acids is 1. The van der Waals surface area contributed by atoms with Crippen LogP contribution >= 0.6 is 11.3 Å². The van der Waals surface area contributed by atoms with Gasteiger partial charge in [0.25, 0.3) is 6.29 Å². The fourth-order valence-corrected chi connectivity index (χ4v) is 0.981. The number of thiazole rings is 1. The monoisotopic (exact) mass is 126 g/mol. The molecule has 8 heavy (non-hydrogen) atoms. The normalized spacial score (nSPS) is 9.12. The van der Waals surface area contributed by atoms with Crippen LogP contribution in [0.1, 0.15) is 10.7 Å². The molecule has 1 aromatic rings. The van der Waals surface area contributed by atoms with Crippen LogP contribution in [0, 0.1) is 6.92 Å². The van der Waals surface area contributed by atoms with Crippen LogP contribution in [0.15, 0.2) is 5.38 Å². The maximum Gasteiger partial charge on any atom is 0.264 e. The highest BCUT2D eigenvalue weighted by molar-refractivity contribution is 7.11. The summed E-state index contributed by atoms with van der Waals surface area (Å²) in [6, 6.07) is 0. The van der Waals surface area contributed by atoms with Gasteiger partial charge in [0.15, 0.2) is 5.01 Å². The van der Waals surface area contributed by atoms with Gasteiger partial charge in [-0.15, -0.1) is 11.3 Å². The molecule has 1 aromatic heterocycles. The number of hydrogen-bond donors (Lipinski definition) is 0. The Morgan fingerprint density at radius 3 is 2.88 bits per heavy atom. The number of hydrogen-bond acceptors (Lipinski definition) is 3. The molecule has 2 nitrogen and oxygen atoms in total. The summed E-state index contributed by atoms with van der Waals surface area (Å²) in [5, 5.41) is 2.25. The van der Waals surface area contributed by atoms with Gasteiger partial charge in [-0.1, -0.05) is 0 Å². The Morgan fingerprint density at radius 2 is 2.62 bits per heavy atom. The Labute approximate surface area is 51.2 Å². The first-order chi connectivity index (χ1) is 3.83. The third-order valence-corrected chi connectivity index (χ3v) is 1.56. The van der Waals surface area contributed by atoms with Gasteiger partial charge in [-0.2, -0.15) is 0 Å². The number of aryl methyl sites for hydroxylation is 1. The molecule has 0 amide bonds. The SMILES string of the molecule is Cc1csc([C]=O)n1. The maximum atomic E-state index is 9.84. The van der Waals surface area contributed by atoms with Gasteiger partial charge in [0.2, 0.25) is 0 Å². The third kappa shape index (κ3) is 0.924. The maximum absolute atomic E-state index is 9.84. The van der Waals surface area contributed by atoms with Crippen molar-refractivity contribution in [1.29, 1.82) is 0 Å². The van der Waals surface area contributed by atoms with E-state index in [4.69, 9.17) is 0 Å². The fourth-order valence-electron chi connectivity index (χ4n) is 0.401. The second-order valence-corrected chi connectivity index (χ2v) is 2.25. The lowest BCUT2D eigenvalue weighted by Gasteiger charge is -1.69. The lowest BCUT2D eigenvalue weighted by Crippen LogP contribution is -1.75. The average Bonchev–Trinajstić information content (AvgIpc) is 2.14. The van der Waals surface area contributed by atoms with Crippen molar-refractivity contribution in [3.8, 4) is 0 Å². The molecule has 0 aliphatic heterocycles. The Kier molecular flexibility index (Phi) is 1.39. The van der Waals surface area contributed by atoms with Crippen molar-refractivity contribution in [2.75, 3.05) is 0 Å². The summed E-state index contributed by atoms with van der Waals surface area (Å²) >= 11 is 1.31. The average molecular weight is 126 g/mol. The predicted molar refractivity (Wildman–Crippen MR) is 31.6 cm³/mol. The van der Waals surface area contributed by atoms with Crippen molar-refractivity contribution in [2.45, 2.75) is 6.92 Å². The minimum absolute atomic E-state index is 0.433. The zero-order valence-corrected chi connectivity index (χ0v) is 5.16. The Morgan fingerprint density at radius 1 is 1.88 bits per heavy atom. The van der Waals surface area contributed by atoms with Crippen molar-refractivity contribution in [3.05, 3.63) is 16.1 Å².